The van der Waals surface area contributed by atoms with E-state index >= 15 is 0 Å². The van der Waals surface area contributed by atoms with Crippen molar-refractivity contribution < 1.29 is 18.0 Å². The lowest BCUT2D eigenvalue weighted by atomic mass is 9.76. The summed E-state index contributed by atoms with van der Waals surface area (Å²) in [5.41, 5.74) is 3.87. The number of hydrogen-bond acceptors (Lipinski definition) is 2. The number of Topliss-reactive ketones (excluding diaryl/α,β-unsaturated/α-hetero) is 1. The van der Waals surface area contributed by atoms with E-state index < -0.39 is 23.0 Å². The molecule has 0 bridgehead atoms. The first kappa shape index (κ1) is 12.1. The van der Waals surface area contributed by atoms with Gasteiger partial charge in [0.1, 0.15) is 11.4 Å². The van der Waals surface area contributed by atoms with Gasteiger partial charge in [-0.3, -0.25) is 4.79 Å². The first-order valence-electron chi connectivity index (χ1n) is 5.42. The van der Waals surface area contributed by atoms with Crippen LogP contribution in [0.5, 0.6) is 0 Å². The Labute approximate surface area is 96.6 Å². The van der Waals surface area contributed by atoms with E-state index in [1.54, 1.807) is 0 Å². The highest BCUT2D eigenvalue weighted by atomic mass is 19.2. The van der Waals surface area contributed by atoms with Crippen LogP contribution in [0, 0.1) is 17.5 Å². The van der Waals surface area contributed by atoms with Crippen molar-refractivity contribution in [3.8, 4) is 0 Å². The van der Waals surface area contributed by atoms with E-state index in [-0.39, 0.29) is 24.2 Å². The molecule has 0 aromatic heterocycles. The van der Waals surface area contributed by atoms with Gasteiger partial charge in [0.05, 0.1) is 0 Å². The molecule has 0 spiro atoms. The van der Waals surface area contributed by atoms with Gasteiger partial charge in [0.25, 0.3) is 0 Å². The number of rotatable bonds is 1. The fraction of sp³-hybridized carbons (Fsp3) is 0.417. The van der Waals surface area contributed by atoms with E-state index in [0.717, 1.165) is 6.07 Å². The van der Waals surface area contributed by atoms with Crippen molar-refractivity contribution in [3.05, 3.63) is 35.1 Å². The Bertz CT molecular complexity index is 475. The molecule has 2 nitrogen and oxygen atoms in total. The number of carbonyl (C=O) groups is 1. The van der Waals surface area contributed by atoms with Crippen molar-refractivity contribution in [2.24, 2.45) is 5.73 Å². The Morgan fingerprint density at radius 2 is 1.88 bits per heavy atom. The van der Waals surface area contributed by atoms with Crippen LogP contribution in [0.1, 0.15) is 31.2 Å². The second kappa shape index (κ2) is 4.14. The summed E-state index contributed by atoms with van der Waals surface area (Å²) in [5, 5.41) is 0. The quantitative estimate of drug-likeness (QED) is 0.769. The minimum Gasteiger partial charge on any atom is -0.315 e. The number of ketones is 1. The summed E-state index contributed by atoms with van der Waals surface area (Å²) in [6, 6.07) is 1.25. The van der Waals surface area contributed by atoms with Gasteiger partial charge in [-0.1, -0.05) is 6.42 Å². The third kappa shape index (κ3) is 1.95. The standard InChI is InChI=1S/C12H12F3NO/c13-7-5-8(11(15)9(14)6-7)12(16)4-2-1-3-10(12)17/h5-6H,1-4,16H2. The zero-order valence-electron chi connectivity index (χ0n) is 9.10. The molecule has 0 heterocycles. The maximum atomic E-state index is 13.6. The van der Waals surface area contributed by atoms with Gasteiger partial charge < -0.3 is 5.73 Å². The molecule has 0 saturated heterocycles. The number of halogens is 3. The normalized spacial score (nSPS) is 25.1. The van der Waals surface area contributed by atoms with E-state index in [1.807, 2.05) is 0 Å². The third-order valence-corrected chi connectivity index (χ3v) is 3.20. The van der Waals surface area contributed by atoms with E-state index in [2.05, 4.69) is 0 Å². The highest BCUT2D eigenvalue weighted by molar-refractivity contribution is 5.90. The summed E-state index contributed by atoms with van der Waals surface area (Å²) in [6.45, 7) is 0. The first-order valence-corrected chi connectivity index (χ1v) is 5.42. The second-order valence-corrected chi connectivity index (χ2v) is 4.35. The van der Waals surface area contributed by atoms with Crippen LogP contribution in [-0.2, 0) is 10.3 Å². The minimum absolute atomic E-state index is 0.214. The van der Waals surface area contributed by atoms with Crippen LogP contribution in [0.2, 0.25) is 0 Å². The molecule has 1 saturated carbocycles. The Morgan fingerprint density at radius 1 is 1.18 bits per heavy atom. The van der Waals surface area contributed by atoms with Gasteiger partial charge in [0.2, 0.25) is 0 Å². The van der Waals surface area contributed by atoms with Gasteiger partial charge in [0.15, 0.2) is 17.4 Å². The Kier molecular flexibility index (Phi) is 2.95. The lowest BCUT2D eigenvalue weighted by Gasteiger charge is -2.32. The van der Waals surface area contributed by atoms with Crippen LogP contribution >= 0.6 is 0 Å². The van der Waals surface area contributed by atoms with E-state index in [0.29, 0.717) is 18.9 Å². The van der Waals surface area contributed by atoms with E-state index in [9.17, 15) is 18.0 Å². The highest BCUT2D eigenvalue weighted by Crippen LogP contribution is 2.34. The molecule has 5 heteroatoms. The van der Waals surface area contributed by atoms with Crippen LogP contribution in [0.25, 0.3) is 0 Å². The van der Waals surface area contributed by atoms with Crippen molar-refractivity contribution in [1.82, 2.24) is 0 Å². The molecular formula is C12H12F3NO. The average molecular weight is 243 g/mol. The monoisotopic (exact) mass is 243 g/mol. The number of carbonyl (C=O) groups excluding carboxylic acids is 1. The molecule has 2 rings (SSSR count). The zero-order chi connectivity index (χ0) is 12.6. The number of benzene rings is 1. The fourth-order valence-electron chi connectivity index (χ4n) is 2.22. The predicted molar refractivity (Wildman–Crippen MR) is 55.7 cm³/mol. The lowest BCUT2D eigenvalue weighted by molar-refractivity contribution is -0.126. The van der Waals surface area contributed by atoms with Crippen molar-refractivity contribution in [2.45, 2.75) is 31.2 Å². The minimum atomic E-state index is -1.59. The summed E-state index contributed by atoms with van der Waals surface area (Å²) in [6.07, 6.45) is 1.75. The Morgan fingerprint density at radius 3 is 2.53 bits per heavy atom. The SMILES string of the molecule is NC1(c2cc(F)cc(F)c2F)CCCCC1=O. The second-order valence-electron chi connectivity index (χ2n) is 4.35. The predicted octanol–water partition coefficient (Wildman–Crippen LogP) is 2.40. The maximum absolute atomic E-state index is 13.6. The van der Waals surface area contributed by atoms with Crippen LogP contribution < -0.4 is 5.73 Å². The van der Waals surface area contributed by atoms with Crippen LogP contribution in [0.3, 0.4) is 0 Å². The third-order valence-electron chi connectivity index (χ3n) is 3.20. The number of hydrogen-bond donors (Lipinski definition) is 1. The molecular weight excluding hydrogens is 231 g/mol. The summed E-state index contributed by atoms with van der Waals surface area (Å²) < 4.78 is 39.8. The van der Waals surface area contributed by atoms with Crippen molar-refractivity contribution in [3.63, 3.8) is 0 Å². The molecule has 1 aliphatic carbocycles. The van der Waals surface area contributed by atoms with Gasteiger partial charge in [0, 0.05) is 18.1 Å². The summed E-state index contributed by atoms with van der Waals surface area (Å²) in [5.74, 6) is -3.85. The molecule has 2 N–H and O–H groups in total. The molecule has 1 unspecified atom stereocenters. The van der Waals surface area contributed by atoms with E-state index in [4.69, 9.17) is 5.73 Å². The smallest absolute Gasteiger partial charge is 0.164 e. The van der Waals surface area contributed by atoms with Crippen molar-refractivity contribution in [1.29, 1.82) is 0 Å². The molecule has 0 radical (unpaired) electrons. The Balaban J connectivity index is 2.55. The molecule has 0 aliphatic heterocycles. The molecule has 17 heavy (non-hydrogen) atoms. The molecule has 0 amide bonds. The maximum Gasteiger partial charge on any atom is 0.164 e. The molecule has 1 aliphatic rings. The molecule has 1 fully saturated rings. The van der Waals surface area contributed by atoms with Gasteiger partial charge >= 0.3 is 0 Å². The van der Waals surface area contributed by atoms with Crippen molar-refractivity contribution >= 4 is 5.78 Å². The fourth-order valence-corrected chi connectivity index (χ4v) is 2.22. The van der Waals surface area contributed by atoms with Gasteiger partial charge in [-0.25, -0.2) is 13.2 Å². The largest absolute Gasteiger partial charge is 0.315 e. The van der Waals surface area contributed by atoms with Gasteiger partial charge in [-0.15, -0.1) is 0 Å². The van der Waals surface area contributed by atoms with Gasteiger partial charge in [-0.05, 0) is 18.9 Å². The first-order chi connectivity index (χ1) is 7.95. The average Bonchev–Trinajstić information content (AvgIpc) is 2.27. The van der Waals surface area contributed by atoms with Crippen LogP contribution in [0.15, 0.2) is 12.1 Å². The van der Waals surface area contributed by atoms with E-state index in [1.165, 1.54) is 0 Å². The Hall–Kier alpha value is -1.36. The van der Waals surface area contributed by atoms with Crippen LogP contribution in [-0.4, -0.2) is 5.78 Å². The molecule has 92 valence electrons. The topological polar surface area (TPSA) is 43.1 Å². The van der Waals surface area contributed by atoms with Gasteiger partial charge in [-0.2, -0.15) is 0 Å². The van der Waals surface area contributed by atoms with Crippen molar-refractivity contribution in [2.75, 3.05) is 0 Å². The summed E-state index contributed by atoms with van der Waals surface area (Å²) in [7, 11) is 0. The molecule has 1 aromatic carbocycles. The molecule has 1 atom stereocenters. The highest BCUT2D eigenvalue weighted by Gasteiger charge is 2.40. The molecule has 1 aromatic rings. The zero-order valence-corrected chi connectivity index (χ0v) is 9.10. The summed E-state index contributed by atoms with van der Waals surface area (Å²) in [4.78, 5) is 11.8. The van der Waals surface area contributed by atoms with Crippen LogP contribution in [0.4, 0.5) is 13.2 Å². The lowest BCUT2D eigenvalue weighted by Crippen LogP contribution is -2.47. The summed E-state index contributed by atoms with van der Waals surface area (Å²) >= 11 is 0. The number of nitrogens with two attached hydrogens (primary N) is 1.